The van der Waals surface area contributed by atoms with E-state index in [-0.39, 0.29) is 6.61 Å². The van der Waals surface area contributed by atoms with Gasteiger partial charge >= 0.3 is 12.1 Å². The zero-order valence-corrected chi connectivity index (χ0v) is 8.93. The van der Waals surface area contributed by atoms with Crippen LogP contribution in [0, 0.1) is 5.41 Å². The molecule has 6 heteroatoms. The van der Waals surface area contributed by atoms with Gasteiger partial charge in [0.1, 0.15) is 6.23 Å². The average molecular weight is 217 g/mol. The highest BCUT2D eigenvalue weighted by molar-refractivity contribution is 5.80. The van der Waals surface area contributed by atoms with Gasteiger partial charge in [-0.25, -0.2) is 9.59 Å². The molecule has 1 amide bonds. The number of carbonyl (C=O) groups is 2. The maximum Gasteiger partial charge on any atom is 0.410 e. The molecule has 0 radical (unpaired) electrons. The first-order valence-electron chi connectivity index (χ1n) is 4.61. The largest absolute Gasteiger partial charge is 0.480 e. The Morgan fingerprint density at radius 2 is 1.87 bits per heavy atom. The van der Waals surface area contributed by atoms with Gasteiger partial charge in [-0.2, -0.15) is 0 Å². The maximum absolute atomic E-state index is 11.0. The van der Waals surface area contributed by atoms with Crippen LogP contribution in [0.3, 0.4) is 0 Å². The number of carboxylic acids is 1. The fourth-order valence-corrected chi connectivity index (χ4v) is 1.60. The van der Waals surface area contributed by atoms with Gasteiger partial charge in [0, 0.05) is 5.41 Å². The van der Waals surface area contributed by atoms with Gasteiger partial charge in [-0.3, -0.25) is 4.90 Å². The summed E-state index contributed by atoms with van der Waals surface area (Å²) in [4.78, 5) is 22.6. The average Bonchev–Trinajstić information content (AvgIpc) is 2.45. The minimum absolute atomic E-state index is 0.0937. The van der Waals surface area contributed by atoms with Crippen LogP contribution in [0.25, 0.3) is 0 Å². The lowest BCUT2D eigenvalue weighted by Crippen LogP contribution is -2.49. The zero-order chi connectivity index (χ0) is 11.8. The number of carboxylic acid groups (broad SMARTS) is 2. The molecular weight excluding hydrogens is 202 g/mol. The second kappa shape index (κ2) is 3.69. The summed E-state index contributed by atoms with van der Waals surface area (Å²) in [6.07, 6.45) is -1.98. The van der Waals surface area contributed by atoms with Crippen LogP contribution in [0.5, 0.6) is 0 Å². The highest BCUT2D eigenvalue weighted by Crippen LogP contribution is 2.31. The molecule has 0 aromatic heterocycles. The van der Waals surface area contributed by atoms with E-state index in [0.29, 0.717) is 0 Å². The molecule has 0 aromatic carbocycles. The van der Waals surface area contributed by atoms with E-state index in [1.807, 2.05) is 0 Å². The SMILES string of the molecule is CC(C)(C)[C@@H]1OC[C@H](C(=O)O)N1C(=O)O. The number of hydrogen-bond acceptors (Lipinski definition) is 3. The zero-order valence-electron chi connectivity index (χ0n) is 8.93. The summed E-state index contributed by atoms with van der Waals surface area (Å²) in [5.41, 5.74) is -0.442. The molecule has 0 saturated carbocycles. The van der Waals surface area contributed by atoms with Crippen LogP contribution in [0.2, 0.25) is 0 Å². The van der Waals surface area contributed by atoms with Gasteiger partial charge in [0.05, 0.1) is 6.61 Å². The van der Waals surface area contributed by atoms with E-state index >= 15 is 0 Å². The quantitative estimate of drug-likeness (QED) is 0.679. The summed E-state index contributed by atoms with van der Waals surface area (Å²) < 4.78 is 5.23. The Hall–Kier alpha value is -1.30. The summed E-state index contributed by atoms with van der Waals surface area (Å²) >= 11 is 0. The molecule has 0 aliphatic carbocycles. The number of nitrogens with zero attached hydrogens (tertiary/aromatic N) is 1. The van der Waals surface area contributed by atoms with Crippen molar-refractivity contribution in [3.8, 4) is 0 Å². The number of aliphatic carboxylic acids is 1. The molecule has 0 unspecified atom stereocenters. The lowest BCUT2D eigenvalue weighted by molar-refractivity contribution is -0.142. The summed E-state index contributed by atoms with van der Waals surface area (Å²) in [7, 11) is 0. The molecule has 6 nitrogen and oxygen atoms in total. The molecule has 15 heavy (non-hydrogen) atoms. The van der Waals surface area contributed by atoms with E-state index in [4.69, 9.17) is 14.9 Å². The highest BCUT2D eigenvalue weighted by Gasteiger charge is 2.47. The third kappa shape index (κ3) is 2.20. The molecule has 1 rings (SSSR count). The van der Waals surface area contributed by atoms with Crippen LogP contribution in [-0.2, 0) is 9.53 Å². The van der Waals surface area contributed by atoms with E-state index in [1.165, 1.54) is 0 Å². The van der Waals surface area contributed by atoms with Crippen LogP contribution in [-0.4, -0.2) is 46.1 Å². The second-order valence-electron chi connectivity index (χ2n) is 4.60. The Morgan fingerprint density at radius 3 is 2.20 bits per heavy atom. The van der Waals surface area contributed by atoms with Crippen LogP contribution < -0.4 is 0 Å². The molecule has 0 spiro atoms. The van der Waals surface area contributed by atoms with Gasteiger partial charge < -0.3 is 14.9 Å². The molecule has 1 saturated heterocycles. The van der Waals surface area contributed by atoms with Crippen molar-refractivity contribution in [3.63, 3.8) is 0 Å². The van der Waals surface area contributed by atoms with Gasteiger partial charge in [-0.15, -0.1) is 0 Å². The van der Waals surface area contributed by atoms with Gasteiger partial charge in [-0.1, -0.05) is 20.8 Å². The highest BCUT2D eigenvalue weighted by atomic mass is 16.5. The number of hydrogen-bond donors (Lipinski definition) is 2. The Morgan fingerprint density at radius 1 is 1.33 bits per heavy atom. The molecule has 1 fully saturated rings. The van der Waals surface area contributed by atoms with Gasteiger partial charge in [0.25, 0.3) is 0 Å². The topological polar surface area (TPSA) is 87.1 Å². The molecule has 2 atom stereocenters. The van der Waals surface area contributed by atoms with Crippen LogP contribution in [0.1, 0.15) is 20.8 Å². The predicted octanol–water partition coefficient (Wildman–Crippen LogP) is 0.822. The van der Waals surface area contributed by atoms with E-state index in [0.717, 1.165) is 4.90 Å². The fraction of sp³-hybridized carbons (Fsp3) is 0.778. The van der Waals surface area contributed by atoms with Crippen molar-refractivity contribution in [1.29, 1.82) is 0 Å². The van der Waals surface area contributed by atoms with E-state index < -0.39 is 29.7 Å². The van der Waals surface area contributed by atoms with Gasteiger partial charge in [0.15, 0.2) is 6.04 Å². The van der Waals surface area contributed by atoms with Crippen molar-refractivity contribution in [2.45, 2.75) is 33.0 Å². The Balaban J connectivity index is 2.95. The lowest BCUT2D eigenvalue weighted by atomic mass is 9.93. The molecule has 2 N–H and O–H groups in total. The minimum Gasteiger partial charge on any atom is -0.480 e. The summed E-state index contributed by atoms with van der Waals surface area (Å²) in [6, 6.07) is -1.10. The van der Waals surface area contributed by atoms with Gasteiger partial charge in [0.2, 0.25) is 0 Å². The molecular formula is C9H15NO5. The minimum atomic E-state index is -1.26. The summed E-state index contributed by atoms with van der Waals surface area (Å²) in [5, 5.41) is 17.8. The van der Waals surface area contributed by atoms with Crippen molar-refractivity contribution >= 4 is 12.1 Å². The van der Waals surface area contributed by atoms with Crippen LogP contribution in [0.4, 0.5) is 4.79 Å². The van der Waals surface area contributed by atoms with Crippen molar-refractivity contribution in [3.05, 3.63) is 0 Å². The summed E-state index contributed by atoms with van der Waals surface area (Å²) in [5.74, 6) is -1.18. The second-order valence-corrected chi connectivity index (χ2v) is 4.60. The third-order valence-corrected chi connectivity index (χ3v) is 2.25. The smallest absolute Gasteiger partial charge is 0.410 e. The fourth-order valence-electron chi connectivity index (χ4n) is 1.60. The third-order valence-electron chi connectivity index (χ3n) is 2.25. The summed E-state index contributed by atoms with van der Waals surface area (Å²) in [6.45, 7) is 5.32. The molecule has 0 bridgehead atoms. The number of amides is 1. The number of ether oxygens (including phenoxy) is 1. The first-order chi connectivity index (χ1) is 6.75. The first-order valence-corrected chi connectivity index (χ1v) is 4.61. The molecule has 1 aliphatic rings. The van der Waals surface area contributed by atoms with Crippen LogP contribution >= 0.6 is 0 Å². The predicted molar refractivity (Wildman–Crippen MR) is 50.5 cm³/mol. The van der Waals surface area contributed by atoms with Gasteiger partial charge in [-0.05, 0) is 0 Å². The molecule has 1 heterocycles. The van der Waals surface area contributed by atoms with E-state index in [2.05, 4.69) is 0 Å². The number of rotatable bonds is 1. The van der Waals surface area contributed by atoms with Crippen LogP contribution in [0.15, 0.2) is 0 Å². The van der Waals surface area contributed by atoms with Crippen molar-refractivity contribution < 1.29 is 24.5 Å². The lowest BCUT2D eigenvalue weighted by Gasteiger charge is -2.32. The molecule has 1 aliphatic heterocycles. The monoisotopic (exact) mass is 217 g/mol. The van der Waals surface area contributed by atoms with Crippen molar-refractivity contribution in [1.82, 2.24) is 4.90 Å². The Kier molecular flexibility index (Phi) is 2.90. The van der Waals surface area contributed by atoms with E-state index in [1.54, 1.807) is 20.8 Å². The Labute approximate surface area is 87.4 Å². The first kappa shape index (κ1) is 11.8. The molecule has 0 aromatic rings. The van der Waals surface area contributed by atoms with E-state index in [9.17, 15) is 9.59 Å². The van der Waals surface area contributed by atoms with Crippen molar-refractivity contribution in [2.24, 2.45) is 5.41 Å². The Bertz CT molecular complexity index is 283. The normalized spacial score (nSPS) is 26.7. The standard InChI is InChI=1S/C9H15NO5/c1-9(2,3)7-10(8(13)14)5(4-15-7)6(11)12/h5,7H,4H2,1-3H3,(H,11,12)(H,13,14)/t5-,7+/m1/s1. The maximum atomic E-state index is 11.0. The molecule has 86 valence electrons. The van der Waals surface area contributed by atoms with Crippen molar-refractivity contribution in [2.75, 3.05) is 6.61 Å².